The van der Waals surface area contributed by atoms with Crippen LogP contribution in [0.4, 0.5) is 8.78 Å². The van der Waals surface area contributed by atoms with Crippen LogP contribution in [0.3, 0.4) is 0 Å². The fourth-order valence-corrected chi connectivity index (χ4v) is 3.84. The fourth-order valence-electron chi connectivity index (χ4n) is 3.84. The maximum atomic E-state index is 13.8. The van der Waals surface area contributed by atoms with Crippen molar-refractivity contribution >= 4 is 16.9 Å². The lowest BCUT2D eigenvalue weighted by molar-refractivity contribution is -0.131. The number of fused-ring (bicyclic) bond motifs is 1. The van der Waals surface area contributed by atoms with Crippen molar-refractivity contribution in [2.75, 3.05) is 7.05 Å². The normalized spacial score (nSPS) is 11.6. The average Bonchev–Trinajstić information content (AvgIpc) is 3.44. The Morgan fingerprint density at radius 2 is 1.97 bits per heavy atom. The van der Waals surface area contributed by atoms with E-state index in [1.807, 2.05) is 20.9 Å². The van der Waals surface area contributed by atoms with Crippen LogP contribution in [-0.4, -0.2) is 42.4 Å². The number of amides is 1. The van der Waals surface area contributed by atoms with Gasteiger partial charge in [-0.15, -0.1) is 0 Å². The Bertz CT molecular complexity index is 1290. The van der Waals surface area contributed by atoms with Crippen molar-refractivity contribution in [3.63, 3.8) is 0 Å². The lowest BCUT2D eigenvalue weighted by Gasteiger charge is -2.18. The van der Waals surface area contributed by atoms with Gasteiger partial charge in [-0.1, -0.05) is 0 Å². The van der Waals surface area contributed by atoms with Gasteiger partial charge in [-0.25, -0.2) is 18.4 Å². The topological polar surface area (TPSA) is 82.0 Å². The average molecular weight is 442 g/mol. The van der Waals surface area contributed by atoms with Crippen LogP contribution in [0.2, 0.25) is 0 Å². The van der Waals surface area contributed by atoms with Gasteiger partial charge in [0, 0.05) is 37.5 Å². The van der Waals surface area contributed by atoms with Crippen LogP contribution >= 0.6 is 0 Å². The number of hydrogen-bond acceptors (Lipinski definition) is 5. The van der Waals surface area contributed by atoms with E-state index in [1.165, 1.54) is 17.0 Å². The van der Waals surface area contributed by atoms with Crippen LogP contribution in [0.25, 0.3) is 22.5 Å². The van der Waals surface area contributed by atoms with Crippen molar-refractivity contribution in [1.29, 1.82) is 0 Å². The quantitative estimate of drug-likeness (QED) is 0.452. The van der Waals surface area contributed by atoms with Crippen molar-refractivity contribution in [2.24, 2.45) is 7.05 Å². The Balaban J connectivity index is 1.69. The minimum absolute atomic E-state index is 0.128. The zero-order valence-electron chi connectivity index (χ0n) is 18.6. The molecule has 0 radical (unpaired) electrons. The van der Waals surface area contributed by atoms with Crippen LogP contribution in [0.5, 0.6) is 0 Å². The zero-order valence-corrected chi connectivity index (χ0v) is 18.6. The molecule has 168 valence electrons. The highest BCUT2D eigenvalue weighted by atomic mass is 19.3. The summed E-state index contributed by atoms with van der Waals surface area (Å²) in [5.74, 6) is 0.144. The number of likely N-dealkylation sites (N-methyl/N-ethyl adjacent to an activating group) is 1. The molecule has 1 amide bonds. The molecule has 0 saturated carbocycles. The number of aromatic nitrogens is 5. The first-order valence-corrected chi connectivity index (χ1v) is 10.1. The Labute approximate surface area is 183 Å². The summed E-state index contributed by atoms with van der Waals surface area (Å²) in [5, 5.41) is 8.99. The summed E-state index contributed by atoms with van der Waals surface area (Å²) in [6, 6.07) is 4.62. The van der Waals surface area contributed by atoms with Gasteiger partial charge in [0.1, 0.15) is 12.2 Å². The van der Waals surface area contributed by atoms with Gasteiger partial charge in [0.15, 0.2) is 11.4 Å². The highest BCUT2D eigenvalue weighted by Gasteiger charge is 2.23. The van der Waals surface area contributed by atoms with Gasteiger partial charge >= 0.3 is 0 Å². The predicted octanol–water partition coefficient (Wildman–Crippen LogP) is 3.95. The lowest BCUT2D eigenvalue weighted by atomic mass is 10.1. The lowest BCUT2D eigenvalue weighted by Crippen LogP contribution is -2.30. The summed E-state index contributed by atoms with van der Waals surface area (Å²) in [5.41, 5.74) is 3.51. The third-order valence-electron chi connectivity index (χ3n) is 5.68. The van der Waals surface area contributed by atoms with E-state index in [-0.39, 0.29) is 34.7 Å². The molecule has 0 unspecified atom stereocenters. The van der Waals surface area contributed by atoms with Crippen LogP contribution in [-0.2, 0) is 24.9 Å². The second kappa shape index (κ2) is 8.18. The molecule has 0 saturated heterocycles. The summed E-state index contributed by atoms with van der Waals surface area (Å²) in [6.07, 6.45) is -1.27. The van der Waals surface area contributed by atoms with Crippen molar-refractivity contribution in [3.8, 4) is 11.5 Å². The van der Waals surface area contributed by atoms with Crippen molar-refractivity contribution < 1.29 is 18.0 Å². The summed E-state index contributed by atoms with van der Waals surface area (Å²) in [6.45, 7) is 5.74. The molecule has 0 N–H and O–H groups in total. The van der Waals surface area contributed by atoms with Gasteiger partial charge in [0.05, 0.1) is 23.0 Å². The molecule has 0 fully saturated rings. The molecular formula is C22H24F2N6O2. The van der Waals surface area contributed by atoms with E-state index in [4.69, 9.17) is 4.42 Å². The molecule has 4 heterocycles. The molecule has 4 aromatic rings. The van der Waals surface area contributed by atoms with E-state index >= 15 is 0 Å². The fraction of sp³-hybridized carbons (Fsp3) is 0.364. The molecule has 0 spiro atoms. The Kier molecular flexibility index (Phi) is 5.53. The van der Waals surface area contributed by atoms with Crippen LogP contribution in [0.15, 0.2) is 28.9 Å². The summed E-state index contributed by atoms with van der Waals surface area (Å²) < 4.78 is 36.2. The maximum Gasteiger partial charge on any atom is 0.264 e. The minimum Gasteiger partial charge on any atom is -0.463 e. The van der Waals surface area contributed by atoms with Crippen LogP contribution < -0.4 is 0 Å². The third-order valence-corrected chi connectivity index (χ3v) is 5.68. The molecule has 0 atom stereocenters. The molecule has 0 aromatic carbocycles. The molecule has 0 bridgehead atoms. The third kappa shape index (κ3) is 3.76. The van der Waals surface area contributed by atoms with Gasteiger partial charge in [0.2, 0.25) is 5.91 Å². The largest absolute Gasteiger partial charge is 0.463 e. The molecule has 10 heteroatoms. The summed E-state index contributed by atoms with van der Waals surface area (Å²) >= 11 is 0. The SMILES string of the molecule is Cc1nn(C)c(C)c1CN(C)C(=O)Cn1nc(C)c2c(C(F)F)cc(-c3ccco3)nc21. The van der Waals surface area contributed by atoms with Crippen LogP contribution in [0, 0.1) is 20.8 Å². The van der Waals surface area contributed by atoms with Gasteiger partial charge in [0.25, 0.3) is 6.43 Å². The molecule has 0 aliphatic rings. The van der Waals surface area contributed by atoms with E-state index < -0.39 is 6.43 Å². The van der Waals surface area contributed by atoms with E-state index in [2.05, 4.69) is 15.2 Å². The molecular weight excluding hydrogens is 418 g/mol. The number of pyridine rings is 1. The van der Waals surface area contributed by atoms with E-state index in [0.29, 0.717) is 18.0 Å². The number of aryl methyl sites for hydroxylation is 3. The minimum atomic E-state index is -2.72. The molecule has 8 nitrogen and oxygen atoms in total. The first kappa shape index (κ1) is 21.7. The van der Waals surface area contributed by atoms with E-state index in [9.17, 15) is 13.6 Å². The number of furan rings is 1. The van der Waals surface area contributed by atoms with Gasteiger partial charge in [-0.3, -0.25) is 9.48 Å². The second-order valence-electron chi connectivity index (χ2n) is 7.84. The maximum absolute atomic E-state index is 13.8. The highest BCUT2D eigenvalue weighted by molar-refractivity contribution is 5.86. The Morgan fingerprint density at radius 1 is 1.22 bits per heavy atom. The van der Waals surface area contributed by atoms with Crippen molar-refractivity contribution in [1.82, 2.24) is 29.4 Å². The van der Waals surface area contributed by atoms with Crippen molar-refractivity contribution in [2.45, 2.75) is 40.3 Å². The molecule has 4 rings (SSSR count). The highest BCUT2D eigenvalue weighted by Crippen LogP contribution is 2.33. The Morgan fingerprint density at radius 3 is 2.56 bits per heavy atom. The number of carbonyl (C=O) groups excluding carboxylic acids is 1. The van der Waals surface area contributed by atoms with Gasteiger partial charge in [-0.05, 0) is 39.0 Å². The Hall–Kier alpha value is -3.56. The molecule has 0 aliphatic heterocycles. The zero-order chi connectivity index (χ0) is 23.2. The number of halogens is 2. The van der Waals surface area contributed by atoms with Gasteiger partial charge in [-0.2, -0.15) is 10.2 Å². The number of carbonyl (C=O) groups is 1. The van der Waals surface area contributed by atoms with Gasteiger partial charge < -0.3 is 9.32 Å². The predicted molar refractivity (Wildman–Crippen MR) is 114 cm³/mol. The summed E-state index contributed by atoms with van der Waals surface area (Å²) in [4.78, 5) is 19.0. The first-order valence-electron chi connectivity index (χ1n) is 10.1. The smallest absolute Gasteiger partial charge is 0.264 e. The first-order chi connectivity index (χ1) is 15.2. The summed E-state index contributed by atoms with van der Waals surface area (Å²) in [7, 11) is 3.55. The van der Waals surface area contributed by atoms with E-state index in [1.54, 1.807) is 35.7 Å². The molecule has 32 heavy (non-hydrogen) atoms. The number of hydrogen-bond donors (Lipinski definition) is 0. The monoisotopic (exact) mass is 442 g/mol. The van der Waals surface area contributed by atoms with Crippen LogP contribution in [0.1, 0.15) is 34.6 Å². The molecule has 4 aromatic heterocycles. The van der Waals surface area contributed by atoms with E-state index in [0.717, 1.165) is 17.0 Å². The number of nitrogens with zero attached hydrogens (tertiary/aromatic N) is 6. The second-order valence-corrected chi connectivity index (χ2v) is 7.84. The standard InChI is InChI=1S/C22H24F2N6O2/c1-12-16(14(3)29(5)26-12)10-28(4)19(31)11-30-22-20(13(2)27-30)15(21(23)24)9-17(25-22)18-7-6-8-32-18/h6-9,21H,10-11H2,1-5H3. The number of rotatable bonds is 6. The number of alkyl halides is 2. The molecule has 0 aliphatic carbocycles. The van der Waals surface area contributed by atoms with Crippen molar-refractivity contribution in [3.05, 3.63) is 52.7 Å².